The monoisotopic (exact) mass is 868 g/mol. The zero-order chi connectivity index (χ0) is 44.5. The first-order chi connectivity index (χ1) is 28.9. The fraction of sp³-hybridized carbons (Fsp3) is 0.475. The van der Waals surface area contributed by atoms with Crippen molar-refractivity contribution in [1.82, 2.24) is 41.7 Å². The standard InChI is InChI=1S/C40H52N8O12S/c1-20-27-9-8-25(50)16-23(27)17-29(42-20)36(55)47(3)21(2)33(35(54)41-19-26-18-31(51)37(60-26)48-12-10-32(52)45-40(48)59)46-34(53)28(11-13-61-4)43-39(58)44-30(38(56)57)15-22-6-5-7-24(49)14-22/h5-9,14,16,19-21,28-31,33,37,42,49-51H,10-13,15,17-18H2,1-4H3,(H,41,54)(H,46,53)(H,56,57)(H2,43,44,58)(H,45,52,59)/b26-19-. The highest BCUT2D eigenvalue weighted by atomic mass is 32.2. The summed E-state index contributed by atoms with van der Waals surface area (Å²) in [4.78, 5) is 94.1. The number of amides is 8. The SMILES string of the molecule is CSCCC(NC(=O)NC(Cc1cccc(O)c1)C(=O)O)C(=O)NC(C(=O)N/C=C1/CC(O)C(N2CCC(=O)NC2=O)O1)C(C)N(C)C(=O)C1Cc2cc(O)ccc2C(C)N1. The number of hydrogen-bond donors (Lipinski definition) is 10. The molecule has 20 nitrogen and oxygen atoms in total. The maximum absolute atomic E-state index is 14.1. The van der Waals surface area contributed by atoms with E-state index < -0.39 is 84.2 Å². The highest BCUT2D eigenvalue weighted by molar-refractivity contribution is 7.98. The predicted octanol–water partition coefficient (Wildman–Crippen LogP) is 0.128. The number of thioether (sulfide) groups is 1. The Balaban J connectivity index is 1.34. The summed E-state index contributed by atoms with van der Waals surface area (Å²) in [6.45, 7) is 3.41. The molecule has 0 aromatic heterocycles. The molecule has 2 aromatic rings. The van der Waals surface area contributed by atoms with Gasteiger partial charge in [0.1, 0.15) is 41.5 Å². The first kappa shape index (κ1) is 46.0. The van der Waals surface area contributed by atoms with Crippen molar-refractivity contribution in [2.45, 2.75) is 94.5 Å². The average molecular weight is 869 g/mol. The molecule has 8 unspecified atom stereocenters. The number of carboxylic acid groups (broad SMARTS) is 1. The van der Waals surface area contributed by atoms with Gasteiger partial charge in [-0.2, -0.15) is 11.8 Å². The van der Waals surface area contributed by atoms with Crippen LogP contribution in [0.1, 0.15) is 55.8 Å². The van der Waals surface area contributed by atoms with Gasteiger partial charge in [0.15, 0.2) is 0 Å². The molecule has 0 radical (unpaired) electrons. The van der Waals surface area contributed by atoms with Crippen molar-refractivity contribution in [3.63, 3.8) is 0 Å². The molecular formula is C40H52N8O12S. The number of phenolic OH excluding ortho intramolecular Hbond substituents is 2. The van der Waals surface area contributed by atoms with Crippen LogP contribution in [0.15, 0.2) is 54.4 Å². The topological polar surface area (TPSA) is 288 Å². The number of aliphatic hydroxyl groups is 1. The Morgan fingerprint density at radius 3 is 2.43 bits per heavy atom. The summed E-state index contributed by atoms with van der Waals surface area (Å²) in [7, 11) is 1.47. The van der Waals surface area contributed by atoms with Gasteiger partial charge in [0.05, 0.1) is 12.1 Å². The van der Waals surface area contributed by atoms with Crippen LogP contribution in [0.25, 0.3) is 0 Å². The van der Waals surface area contributed by atoms with Crippen LogP contribution >= 0.6 is 11.8 Å². The van der Waals surface area contributed by atoms with Crippen LogP contribution < -0.4 is 31.9 Å². The molecule has 330 valence electrons. The number of carbonyl (C=O) groups is 7. The number of carbonyl (C=O) groups excluding carboxylic acids is 6. The van der Waals surface area contributed by atoms with Crippen LogP contribution in [0.4, 0.5) is 9.59 Å². The van der Waals surface area contributed by atoms with E-state index in [-0.39, 0.29) is 61.9 Å². The lowest BCUT2D eigenvalue weighted by Gasteiger charge is -2.37. The number of phenols is 2. The third kappa shape index (κ3) is 11.8. The number of fused-ring (bicyclic) bond motifs is 1. The fourth-order valence-electron chi connectivity index (χ4n) is 7.35. The molecule has 2 saturated heterocycles. The molecule has 10 N–H and O–H groups in total. The van der Waals surface area contributed by atoms with Crippen molar-refractivity contribution >= 4 is 53.4 Å². The van der Waals surface area contributed by atoms with Gasteiger partial charge in [0, 0.05) is 45.1 Å². The number of likely N-dealkylation sites (N-methyl/N-ethyl adjacent to an activating group) is 1. The van der Waals surface area contributed by atoms with Gasteiger partial charge in [0.2, 0.25) is 29.9 Å². The van der Waals surface area contributed by atoms with Gasteiger partial charge < -0.3 is 51.3 Å². The number of hydrogen-bond acceptors (Lipinski definition) is 13. The first-order valence-corrected chi connectivity index (χ1v) is 21.0. The van der Waals surface area contributed by atoms with Crippen molar-refractivity contribution in [1.29, 1.82) is 0 Å². The highest BCUT2D eigenvalue weighted by Gasteiger charge is 2.41. The van der Waals surface area contributed by atoms with Gasteiger partial charge in [-0.05, 0) is 79.7 Å². The molecule has 2 aromatic carbocycles. The summed E-state index contributed by atoms with van der Waals surface area (Å²) in [5.74, 6) is -3.50. The lowest BCUT2D eigenvalue weighted by Crippen LogP contribution is -2.62. The van der Waals surface area contributed by atoms with Crippen molar-refractivity contribution in [2.75, 3.05) is 25.6 Å². The number of carboxylic acids is 1. The van der Waals surface area contributed by atoms with E-state index in [0.717, 1.165) is 22.2 Å². The number of urea groups is 2. The molecule has 0 saturated carbocycles. The van der Waals surface area contributed by atoms with E-state index in [2.05, 4.69) is 31.9 Å². The summed E-state index contributed by atoms with van der Waals surface area (Å²) in [6.07, 6.45) is 0.576. The van der Waals surface area contributed by atoms with Crippen LogP contribution in [-0.2, 0) is 41.6 Å². The molecule has 5 rings (SSSR count). The molecule has 2 fully saturated rings. The summed E-state index contributed by atoms with van der Waals surface area (Å²) in [6, 6.07) is 2.81. The fourth-order valence-corrected chi connectivity index (χ4v) is 7.82. The van der Waals surface area contributed by atoms with Crippen molar-refractivity contribution in [3.8, 4) is 11.5 Å². The second-order valence-corrected chi connectivity index (χ2v) is 16.1. The van der Waals surface area contributed by atoms with E-state index in [9.17, 15) is 54.0 Å². The van der Waals surface area contributed by atoms with Crippen LogP contribution in [0, 0.1) is 0 Å². The third-order valence-electron chi connectivity index (χ3n) is 10.8. The number of benzene rings is 2. The molecule has 3 aliphatic heterocycles. The number of rotatable bonds is 16. The van der Waals surface area contributed by atoms with Gasteiger partial charge in [-0.15, -0.1) is 0 Å². The lowest BCUT2D eigenvalue weighted by molar-refractivity contribution is -0.139. The van der Waals surface area contributed by atoms with Gasteiger partial charge in [-0.1, -0.05) is 18.2 Å². The number of nitrogens with zero attached hydrogens (tertiary/aromatic N) is 2. The molecule has 0 aliphatic carbocycles. The molecule has 61 heavy (non-hydrogen) atoms. The molecule has 8 amide bonds. The van der Waals surface area contributed by atoms with Gasteiger partial charge in [-0.25, -0.2) is 14.4 Å². The van der Waals surface area contributed by atoms with E-state index in [1.54, 1.807) is 37.4 Å². The van der Waals surface area contributed by atoms with Crippen LogP contribution in [0.2, 0.25) is 0 Å². The molecule has 3 heterocycles. The smallest absolute Gasteiger partial charge is 0.327 e. The summed E-state index contributed by atoms with van der Waals surface area (Å²) >= 11 is 1.37. The molecule has 0 spiro atoms. The van der Waals surface area contributed by atoms with E-state index in [1.807, 2.05) is 6.92 Å². The van der Waals surface area contributed by atoms with Crippen LogP contribution in [-0.4, -0.2) is 140 Å². The Morgan fingerprint density at radius 1 is 1.02 bits per heavy atom. The quantitative estimate of drug-likeness (QED) is 0.107. The van der Waals surface area contributed by atoms with E-state index in [0.29, 0.717) is 11.3 Å². The molecule has 8 atom stereocenters. The number of ether oxygens (including phenoxy) is 1. The van der Waals surface area contributed by atoms with E-state index in [1.165, 1.54) is 41.9 Å². The number of aromatic hydroxyl groups is 2. The van der Waals surface area contributed by atoms with Crippen LogP contribution in [0.5, 0.6) is 11.5 Å². The number of aliphatic hydroxyl groups excluding tert-OH is 1. The Labute approximate surface area is 355 Å². The summed E-state index contributed by atoms with van der Waals surface area (Å²) in [5.41, 5.74) is 2.11. The second-order valence-electron chi connectivity index (χ2n) is 15.1. The van der Waals surface area contributed by atoms with E-state index in [4.69, 9.17) is 4.74 Å². The molecule has 3 aliphatic rings. The van der Waals surface area contributed by atoms with Crippen LogP contribution in [0.3, 0.4) is 0 Å². The Morgan fingerprint density at radius 2 is 1.74 bits per heavy atom. The molecule has 21 heteroatoms. The Hall–Kier alpha value is -6.06. The largest absolute Gasteiger partial charge is 0.508 e. The second kappa shape index (κ2) is 20.5. The van der Waals surface area contributed by atoms with Gasteiger partial charge in [-0.3, -0.25) is 34.7 Å². The normalized spacial score (nSPS) is 22.4. The maximum atomic E-state index is 14.1. The average Bonchev–Trinajstić information content (AvgIpc) is 3.58. The maximum Gasteiger partial charge on any atom is 0.327 e. The zero-order valence-electron chi connectivity index (χ0n) is 34.0. The minimum Gasteiger partial charge on any atom is -0.508 e. The Kier molecular flexibility index (Phi) is 15.4. The number of nitrogens with one attached hydrogen (secondary N) is 6. The van der Waals surface area contributed by atoms with Crippen molar-refractivity contribution in [3.05, 3.63) is 71.1 Å². The first-order valence-electron chi connectivity index (χ1n) is 19.6. The number of aliphatic carboxylic acids is 1. The third-order valence-corrected chi connectivity index (χ3v) is 11.4. The number of imide groups is 1. The van der Waals surface area contributed by atoms with Crippen molar-refractivity contribution in [2.24, 2.45) is 0 Å². The zero-order valence-corrected chi connectivity index (χ0v) is 34.9. The molecular weight excluding hydrogens is 817 g/mol. The van der Waals surface area contributed by atoms with E-state index >= 15 is 0 Å². The Bertz CT molecular complexity index is 2040. The molecule has 0 bridgehead atoms. The summed E-state index contributed by atoms with van der Waals surface area (Å²) in [5, 5.41) is 56.1. The van der Waals surface area contributed by atoms with Gasteiger partial charge in [0.25, 0.3) is 0 Å². The highest BCUT2D eigenvalue weighted by Crippen LogP contribution is 2.30. The summed E-state index contributed by atoms with van der Waals surface area (Å²) < 4.78 is 5.78. The predicted molar refractivity (Wildman–Crippen MR) is 220 cm³/mol. The van der Waals surface area contributed by atoms with Gasteiger partial charge >= 0.3 is 18.0 Å². The lowest BCUT2D eigenvalue weighted by atomic mass is 9.90. The minimum atomic E-state index is -1.48. The van der Waals surface area contributed by atoms with Crippen molar-refractivity contribution < 1.29 is 58.7 Å². The minimum absolute atomic E-state index is 0.00228.